The van der Waals surface area contributed by atoms with Crippen LogP contribution in [0.2, 0.25) is 0 Å². The van der Waals surface area contributed by atoms with Crippen LogP contribution in [0.1, 0.15) is 40.5 Å². The van der Waals surface area contributed by atoms with Crippen molar-refractivity contribution in [2.45, 2.75) is 40.5 Å². The molecule has 0 unspecified atom stereocenters. The van der Waals surface area contributed by atoms with Gasteiger partial charge >= 0.3 is 0 Å². The summed E-state index contributed by atoms with van der Waals surface area (Å²) in [7, 11) is 4.10. The Morgan fingerprint density at radius 3 is 1.54 bits per heavy atom. The van der Waals surface area contributed by atoms with Gasteiger partial charge in [-0.3, -0.25) is 0 Å². The molecular formula is C11H27NO. The molecule has 82 valence electrons. The van der Waals surface area contributed by atoms with E-state index in [1.165, 1.54) is 12.8 Å². The monoisotopic (exact) mass is 189 g/mol. The van der Waals surface area contributed by atoms with Crippen LogP contribution in [0.4, 0.5) is 0 Å². The highest BCUT2D eigenvalue weighted by Gasteiger charge is 2.41. The predicted octanol–water partition coefficient (Wildman–Crippen LogP) is 2.37. The van der Waals surface area contributed by atoms with Crippen molar-refractivity contribution in [2.24, 2.45) is 5.41 Å². The molecule has 1 fully saturated rings. The maximum atomic E-state index is 8.88. The van der Waals surface area contributed by atoms with Crippen LogP contribution in [0.5, 0.6) is 0 Å². The second kappa shape index (κ2) is 8.52. The third kappa shape index (κ3) is 7.03. The summed E-state index contributed by atoms with van der Waals surface area (Å²) in [4.78, 5) is 2.14. The van der Waals surface area contributed by atoms with Crippen LogP contribution in [-0.2, 0) is 0 Å². The van der Waals surface area contributed by atoms with Gasteiger partial charge in [0, 0.05) is 18.6 Å². The molecule has 1 aliphatic rings. The van der Waals surface area contributed by atoms with Crippen LogP contribution in [0.3, 0.4) is 0 Å². The maximum absolute atomic E-state index is 8.88. The van der Waals surface area contributed by atoms with Crippen molar-refractivity contribution in [2.75, 3.05) is 27.2 Å². The summed E-state index contributed by atoms with van der Waals surface area (Å²) in [6.07, 6.45) is 2.42. The van der Waals surface area contributed by atoms with Gasteiger partial charge in [-0.2, -0.15) is 0 Å². The molecule has 0 atom stereocenters. The Morgan fingerprint density at radius 1 is 1.08 bits per heavy atom. The van der Waals surface area contributed by atoms with Gasteiger partial charge in [-0.15, -0.1) is 0 Å². The Kier molecular flexibility index (Phi) is 10.1. The minimum absolute atomic E-state index is 0.295. The molecule has 2 heteroatoms. The Morgan fingerprint density at radius 2 is 1.46 bits per heavy atom. The minimum Gasteiger partial charge on any atom is -0.396 e. The molecular weight excluding hydrogens is 162 g/mol. The summed E-state index contributed by atoms with van der Waals surface area (Å²) in [6, 6.07) is 0. The summed E-state index contributed by atoms with van der Waals surface area (Å²) >= 11 is 0. The summed E-state index contributed by atoms with van der Waals surface area (Å²) in [5, 5.41) is 8.88. The molecule has 0 aromatic heterocycles. The summed E-state index contributed by atoms with van der Waals surface area (Å²) < 4.78 is 0. The van der Waals surface area contributed by atoms with Gasteiger partial charge in [0.15, 0.2) is 0 Å². The first kappa shape index (κ1) is 15.4. The molecule has 13 heavy (non-hydrogen) atoms. The second-order valence-corrected chi connectivity index (χ2v) is 3.40. The molecule has 1 N–H and O–H groups in total. The zero-order chi connectivity index (χ0) is 10.9. The lowest BCUT2D eigenvalue weighted by Crippen LogP contribution is -2.25. The van der Waals surface area contributed by atoms with Crippen LogP contribution in [0.25, 0.3) is 0 Å². The first-order valence-electron chi connectivity index (χ1n) is 5.44. The molecule has 0 aromatic carbocycles. The van der Waals surface area contributed by atoms with E-state index in [0.29, 0.717) is 12.0 Å². The van der Waals surface area contributed by atoms with Gasteiger partial charge in [0.25, 0.3) is 0 Å². The van der Waals surface area contributed by atoms with Crippen molar-refractivity contribution < 1.29 is 5.11 Å². The second-order valence-electron chi connectivity index (χ2n) is 3.40. The van der Waals surface area contributed by atoms with Crippen molar-refractivity contribution in [1.29, 1.82) is 0 Å². The van der Waals surface area contributed by atoms with E-state index >= 15 is 0 Å². The largest absolute Gasteiger partial charge is 0.396 e. The maximum Gasteiger partial charge on any atom is 0.0499 e. The van der Waals surface area contributed by atoms with Crippen LogP contribution in [-0.4, -0.2) is 37.3 Å². The van der Waals surface area contributed by atoms with Crippen molar-refractivity contribution in [3.8, 4) is 0 Å². The van der Waals surface area contributed by atoms with Gasteiger partial charge in [0.1, 0.15) is 0 Å². The Bertz CT molecular complexity index is 98.3. The van der Waals surface area contributed by atoms with Gasteiger partial charge in [0.2, 0.25) is 0 Å². The molecule has 1 saturated carbocycles. The molecule has 0 bridgehead atoms. The molecule has 2 nitrogen and oxygen atoms in total. The van der Waals surface area contributed by atoms with E-state index in [4.69, 9.17) is 5.11 Å². The highest BCUT2D eigenvalue weighted by molar-refractivity contribution is 4.93. The summed E-state index contributed by atoms with van der Waals surface area (Å²) in [6.45, 7) is 9.41. The lowest BCUT2D eigenvalue weighted by molar-refractivity contribution is 0.176. The van der Waals surface area contributed by atoms with Crippen LogP contribution in [0.15, 0.2) is 0 Å². The van der Waals surface area contributed by atoms with E-state index in [1.807, 2.05) is 27.7 Å². The zero-order valence-corrected chi connectivity index (χ0v) is 10.2. The SMILES string of the molecule is CC.CC.CN(C)CC1(CO)CC1. The van der Waals surface area contributed by atoms with Gasteiger partial charge < -0.3 is 10.0 Å². The lowest BCUT2D eigenvalue weighted by atomic mass is 10.1. The van der Waals surface area contributed by atoms with Crippen LogP contribution in [0, 0.1) is 5.41 Å². The fraction of sp³-hybridized carbons (Fsp3) is 1.00. The zero-order valence-electron chi connectivity index (χ0n) is 10.2. The summed E-state index contributed by atoms with van der Waals surface area (Å²) in [5.74, 6) is 0. The van der Waals surface area contributed by atoms with Gasteiger partial charge in [-0.25, -0.2) is 0 Å². The van der Waals surface area contributed by atoms with Crippen molar-refractivity contribution in [3.05, 3.63) is 0 Å². The number of nitrogens with zero attached hydrogens (tertiary/aromatic N) is 1. The fourth-order valence-corrected chi connectivity index (χ4v) is 1.21. The minimum atomic E-state index is 0.295. The van der Waals surface area contributed by atoms with E-state index in [1.54, 1.807) is 0 Å². The average Bonchev–Trinajstić information content (AvgIpc) is 2.91. The third-order valence-electron chi connectivity index (χ3n) is 1.94. The highest BCUT2D eigenvalue weighted by atomic mass is 16.3. The third-order valence-corrected chi connectivity index (χ3v) is 1.94. The average molecular weight is 189 g/mol. The topological polar surface area (TPSA) is 23.5 Å². The number of aliphatic hydroxyl groups excluding tert-OH is 1. The standard InChI is InChI=1S/C7H15NO.2C2H6/c1-8(2)5-7(6-9)3-4-7;2*1-2/h9H,3-6H2,1-2H3;2*1-2H3. The molecule has 0 radical (unpaired) electrons. The first-order chi connectivity index (χ1) is 6.18. The van der Waals surface area contributed by atoms with Gasteiger partial charge in [-0.05, 0) is 26.9 Å². The molecule has 0 aromatic rings. The number of aliphatic hydroxyl groups is 1. The Hall–Kier alpha value is -0.0800. The molecule has 0 aliphatic heterocycles. The fourth-order valence-electron chi connectivity index (χ4n) is 1.21. The normalized spacial score (nSPS) is 16.6. The van der Waals surface area contributed by atoms with Crippen LogP contribution >= 0.6 is 0 Å². The van der Waals surface area contributed by atoms with E-state index in [0.717, 1.165) is 6.54 Å². The Labute approximate surface area is 83.9 Å². The number of hydrogen-bond acceptors (Lipinski definition) is 2. The van der Waals surface area contributed by atoms with Gasteiger partial charge in [-0.1, -0.05) is 27.7 Å². The number of rotatable bonds is 3. The Balaban J connectivity index is 0. The van der Waals surface area contributed by atoms with E-state index in [2.05, 4.69) is 19.0 Å². The van der Waals surface area contributed by atoms with Gasteiger partial charge in [0.05, 0.1) is 0 Å². The molecule has 0 heterocycles. The first-order valence-corrected chi connectivity index (χ1v) is 5.44. The van der Waals surface area contributed by atoms with Crippen molar-refractivity contribution in [1.82, 2.24) is 4.90 Å². The van der Waals surface area contributed by atoms with E-state index in [9.17, 15) is 0 Å². The van der Waals surface area contributed by atoms with Crippen LogP contribution < -0.4 is 0 Å². The highest BCUT2D eigenvalue weighted by Crippen LogP contribution is 2.45. The number of hydrogen-bond donors (Lipinski definition) is 1. The van der Waals surface area contributed by atoms with Crippen molar-refractivity contribution >= 4 is 0 Å². The molecule has 0 amide bonds. The molecule has 0 saturated heterocycles. The summed E-state index contributed by atoms with van der Waals surface area (Å²) in [5.41, 5.74) is 0.295. The van der Waals surface area contributed by atoms with Crippen molar-refractivity contribution in [3.63, 3.8) is 0 Å². The smallest absolute Gasteiger partial charge is 0.0499 e. The molecule has 1 aliphatic carbocycles. The molecule has 1 rings (SSSR count). The van der Waals surface area contributed by atoms with E-state index < -0.39 is 0 Å². The lowest BCUT2D eigenvalue weighted by Gasteiger charge is -2.16. The predicted molar refractivity (Wildman–Crippen MR) is 60.0 cm³/mol. The quantitative estimate of drug-likeness (QED) is 0.737. The molecule has 0 spiro atoms. The van der Waals surface area contributed by atoms with E-state index in [-0.39, 0.29) is 0 Å².